The maximum absolute atomic E-state index is 14.0. The molecule has 1 N–H and O–H groups in total. The lowest BCUT2D eigenvalue weighted by Crippen LogP contribution is -2.15. The quantitative estimate of drug-likeness (QED) is 0.139. The Kier molecular flexibility index (Phi) is 7.00. The fraction of sp³-hybridized carbons (Fsp3) is 0.103. The van der Waals surface area contributed by atoms with Crippen molar-refractivity contribution in [1.82, 2.24) is 4.57 Å². The lowest BCUT2D eigenvalue weighted by molar-refractivity contribution is -0.384. The number of hydrogen-bond acceptors (Lipinski definition) is 5. The number of pyridine rings is 1. The average molecular weight is 529 g/mol. The van der Waals surface area contributed by atoms with Crippen LogP contribution in [-0.4, -0.2) is 15.4 Å². The molecule has 1 amide bonds. The van der Waals surface area contributed by atoms with Gasteiger partial charge in [-0.3, -0.25) is 19.7 Å². The first-order valence-electron chi connectivity index (χ1n) is 12.0. The van der Waals surface area contributed by atoms with Crippen LogP contribution in [0.2, 0.25) is 0 Å². The molecule has 0 atom stereocenters. The zero-order valence-corrected chi connectivity index (χ0v) is 20.4. The lowest BCUT2D eigenvalue weighted by atomic mass is 10.1. The third kappa shape index (κ3) is 5.45. The van der Waals surface area contributed by atoms with Crippen molar-refractivity contribution in [3.8, 4) is 11.5 Å². The maximum Gasteiger partial charge on any atom is 0.275 e. The zero-order valence-electron chi connectivity index (χ0n) is 20.4. The number of nitrogens with zero attached hydrogens (tertiary/aromatic N) is 2. The highest BCUT2D eigenvalue weighted by molar-refractivity contribution is 5.94. The molecular weight excluding hydrogens is 508 g/mol. The molecule has 0 spiro atoms. The highest BCUT2D eigenvalue weighted by atomic mass is 19.1. The first kappa shape index (κ1) is 25.5. The molecule has 5 rings (SSSR count). The third-order valence-electron chi connectivity index (χ3n) is 6.17. The van der Waals surface area contributed by atoms with Crippen molar-refractivity contribution in [2.45, 2.75) is 19.4 Å². The van der Waals surface area contributed by atoms with Gasteiger partial charge >= 0.3 is 0 Å². The number of nitro benzene ring substituents is 1. The van der Waals surface area contributed by atoms with E-state index in [1.807, 2.05) is 28.8 Å². The Balaban J connectivity index is 1.33. The fourth-order valence-corrected chi connectivity index (χ4v) is 4.44. The molecule has 4 aromatic carbocycles. The van der Waals surface area contributed by atoms with Gasteiger partial charge in [0.1, 0.15) is 11.6 Å². The van der Waals surface area contributed by atoms with E-state index in [1.54, 1.807) is 24.3 Å². The maximum atomic E-state index is 14.0. The zero-order chi connectivity index (χ0) is 27.5. The van der Waals surface area contributed by atoms with Crippen LogP contribution < -0.4 is 15.5 Å². The van der Waals surface area contributed by atoms with E-state index >= 15 is 0 Å². The molecular formula is C29H21F2N3O5. The number of para-hydroxylation sites is 2. The fourth-order valence-electron chi connectivity index (χ4n) is 4.44. The molecule has 0 saturated heterocycles. The van der Waals surface area contributed by atoms with Crippen molar-refractivity contribution >= 4 is 39.1 Å². The summed E-state index contributed by atoms with van der Waals surface area (Å²) in [5, 5.41) is 15.2. The molecule has 0 aliphatic rings. The number of aromatic nitrogens is 1. The van der Waals surface area contributed by atoms with Crippen LogP contribution in [0.5, 0.6) is 11.5 Å². The van der Waals surface area contributed by atoms with E-state index in [4.69, 9.17) is 4.74 Å². The minimum atomic E-state index is -0.977. The van der Waals surface area contributed by atoms with Crippen LogP contribution in [-0.2, 0) is 11.3 Å². The summed E-state index contributed by atoms with van der Waals surface area (Å²) in [5.41, 5.74) is 1.17. The molecule has 0 unspecified atom stereocenters. The Morgan fingerprint density at radius 3 is 2.23 bits per heavy atom. The van der Waals surface area contributed by atoms with E-state index in [0.717, 1.165) is 35.3 Å². The summed E-state index contributed by atoms with van der Waals surface area (Å²) < 4.78 is 34.6. The number of rotatable bonds is 8. The molecule has 0 aliphatic heterocycles. The number of nitro groups is 1. The monoisotopic (exact) mass is 529 g/mol. The molecule has 1 heterocycles. The van der Waals surface area contributed by atoms with Gasteiger partial charge in [-0.2, -0.15) is 0 Å². The Bertz CT molecular complexity index is 1740. The van der Waals surface area contributed by atoms with Gasteiger partial charge in [-0.15, -0.1) is 0 Å². The molecule has 0 fully saturated rings. The normalized spacial score (nSPS) is 11.0. The Morgan fingerprint density at radius 1 is 0.923 bits per heavy atom. The number of nitrogens with one attached hydrogen (secondary N) is 1. The molecule has 0 bridgehead atoms. The van der Waals surface area contributed by atoms with Gasteiger partial charge in [0.2, 0.25) is 5.91 Å². The van der Waals surface area contributed by atoms with E-state index in [-0.39, 0.29) is 34.7 Å². The highest BCUT2D eigenvalue weighted by Crippen LogP contribution is 2.31. The minimum absolute atomic E-state index is 0.0561. The van der Waals surface area contributed by atoms with Gasteiger partial charge < -0.3 is 14.6 Å². The van der Waals surface area contributed by atoms with Crippen LogP contribution in [0.4, 0.5) is 20.2 Å². The SMILES string of the molecule is O=C(CCCn1c2ccccc2c(=O)c2ccccc21)Nc1cc(Oc2ccc(F)cc2F)cc([N+](=O)[O-])c1. The molecule has 0 saturated carbocycles. The summed E-state index contributed by atoms with van der Waals surface area (Å²) in [6.07, 6.45) is 0.502. The Hall–Kier alpha value is -5.12. The summed E-state index contributed by atoms with van der Waals surface area (Å²) in [7, 11) is 0. The van der Waals surface area contributed by atoms with Crippen molar-refractivity contribution in [3.63, 3.8) is 0 Å². The van der Waals surface area contributed by atoms with Crippen molar-refractivity contribution in [1.29, 1.82) is 0 Å². The number of aryl methyl sites for hydroxylation is 1. The number of fused-ring (bicyclic) bond motifs is 2. The Labute approximate surface area is 220 Å². The molecule has 10 heteroatoms. The number of hydrogen-bond donors (Lipinski definition) is 1. The van der Waals surface area contributed by atoms with Crippen LogP contribution in [0.15, 0.2) is 89.7 Å². The van der Waals surface area contributed by atoms with Gasteiger partial charge in [-0.25, -0.2) is 8.78 Å². The van der Waals surface area contributed by atoms with Gasteiger partial charge in [0.15, 0.2) is 17.0 Å². The van der Waals surface area contributed by atoms with E-state index in [2.05, 4.69) is 5.32 Å². The van der Waals surface area contributed by atoms with Crippen molar-refractivity contribution in [2.75, 3.05) is 5.32 Å². The third-order valence-corrected chi connectivity index (χ3v) is 6.17. The van der Waals surface area contributed by atoms with E-state index in [9.17, 15) is 28.5 Å². The number of carbonyl (C=O) groups excluding carboxylic acids is 1. The molecule has 0 aliphatic carbocycles. The largest absolute Gasteiger partial charge is 0.454 e. The second-order valence-corrected chi connectivity index (χ2v) is 8.82. The summed E-state index contributed by atoms with van der Waals surface area (Å²) in [6.45, 7) is 0.446. The molecule has 8 nitrogen and oxygen atoms in total. The summed E-state index contributed by atoms with van der Waals surface area (Å²) in [4.78, 5) is 36.4. The summed E-state index contributed by atoms with van der Waals surface area (Å²) in [6, 6.07) is 20.8. The number of benzene rings is 4. The smallest absolute Gasteiger partial charge is 0.275 e. The number of non-ortho nitro benzene ring substituents is 1. The van der Waals surface area contributed by atoms with E-state index in [0.29, 0.717) is 29.8 Å². The Morgan fingerprint density at radius 2 is 1.59 bits per heavy atom. The molecule has 1 aromatic heterocycles. The number of carbonyl (C=O) groups is 1. The highest BCUT2D eigenvalue weighted by Gasteiger charge is 2.15. The predicted molar refractivity (Wildman–Crippen MR) is 143 cm³/mol. The molecule has 5 aromatic rings. The number of amides is 1. The average Bonchev–Trinajstić information content (AvgIpc) is 2.92. The standard InChI is InChI=1S/C29H21F2N3O5/c30-18-11-12-27(24(31)14-18)39-21-16-19(15-20(17-21)34(37)38)32-28(35)10-5-13-33-25-8-3-1-6-22(25)29(36)23-7-2-4-9-26(23)33/h1-4,6-9,11-12,14-17H,5,10,13H2,(H,32,35). The van der Waals surface area contributed by atoms with Crippen molar-refractivity contribution in [2.24, 2.45) is 0 Å². The number of anilines is 1. The number of halogens is 2. The molecule has 196 valence electrons. The second kappa shape index (κ2) is 10.7. The van der Waals surface area contributed by atoms with Gasteiger partial charge in [0.05, 0.1) is 27.7 Å². The van der Waals surface area contributed by atoms with Gasteiger partial charge in [-0.1, -0.05) is 24.3 Å². The first-order valence-corrected chi connectivity index (χ1v) is 12.0. The number of ether oxygens (including phenoxy) is 1. The summed E-state index contributed by atoms with van der Waals surface area (Å²) in [5.74, 6) is -2.60. The van der Waals surface area contributed by atoms with E-state index < -0.39 is 22.5 Å². The van der Waals surface area contributed by atoms with Gasteiger partial charge in [0.25, 0.3) is 5.69 Å². The van der Waals surface area contributed by atoms with Crippen LogP contribution in [0.3, 0.4) is 0 Å². The second-order valence-electron chi connectivity index (χ2n) is 8.82. The topological polar surface area (TPSA) is 103 Å². The lowest BCUT2D eigenvalue weighted by Gasteiger charge is -2.15. The molecule has 0 radical (unpaired) electrons. The van der Waals surface area contributed by atoms with Gasteiger partial charge in [0, 0.05) is 41.9 Å². The van der Waals surface area contributed by atoms with Gasteiger partial charge in [-0.05, 0) is 42.8 Å². The minimum Gasteiger partial charge on any atom is -0.454 e. The van der Waals surface area contributed by atoms with Crippen molar-refractivity contribution < 1.29 is 23.2 Å². The van der Waals surface area contributed by atoms with Crippen LogP contribution in [0.1, 0.15) is 12.8 Å². The van der Waals surface area contributed by atoms with Crippen LogP contribution in [0, 0.1) is 21.7 Å². The predicted octanol–water partition coefficient (Wildman–Crippen LogP) is 6.55. The molecule has 39 heavy (non-hydrogen) atoms. The van der Waals surface area contributed by atoms with Crippen LogP contribution in [0.25, 0.3) is 21.8 Å². The van der Waals surface area contributed by atoms with Crippen molar-refractivity contribution in [3.05, 3.63) is 117 Å². The van der Waals surface area contributed by atoms with E-state index in [1.165, 1.54) is 6.07 Å². The first-order chi connectivity index (χ1) is 18.8. The summed E-state index contributed by atoms with van der Waals surface area (Å²) >= 11 is 0. The van der Waals surface area contributed by atoms with Crippen LogP contribution >= 0.6 is 0 Å².